The second-order valence-electron chi connectivity index (χ2n) is 4.88. The van der Waals surface area contributed by atoms with Crippen LogP contribution >= 0.6 is 0 Å². The largest absolute Gasteiger partial charge is 0.412 e. The van der Waals surface area contributed by atoms with Gasteiger partial charge in [-0.3, -0.25) is 0 Å². The van der Waals surface area contributed by atoms with Crippen molar-refractivity contribution < 1.29 is 21.6 Å². The maximum absolute atomic E-state index is 12.5. The molecular weight excluding hydrogens is 305 g/mol. The van der Waals surface area contributed by atoms with Gasteiger partial charge in [0.1, 0.15) is 4.90 Å². The van der Waals surface area contributed by atoms with Crippen molar-refractivity contribution in [2.75, 3.05) is 18.8 Å². The molecule has 0 spiro atoms. The van der Waals surface area contributed by atoms with Crippen molar-refractivity contribution in [3.63, 3.8) is 0 Å². The third-order valence-electron chi connectivity index (χ3n) is 3.32. The molecule has 0 amide bonds. The molecule has 1 aliphatic heterocycles. The molecule has 0 atom stereocenters. The summed E-state index contributed by atoms with van der Waals surface area (Å²) in [5, 5.41) is 0. The van der Waals surface area contributed by atoms with Gasteiger partial charge in [0.25, 0.3) is 0 Å². The number of sulfonamides is 1. The molecule has 2 rings (SSSR count). The van der Waals surface area contributed by atoms with Gasteiger partial charge in [0.05, 0.1) is 5.69 Å². The maximum Gasteiger partial charge on any atom is 0.412 e. The van der Waals surface area contributed by atoms with Gasteiger partial charge in [0.15, 0.2) is 0 Å². The smallest absolute Gasteiger partial charge is 0.398 e. The Morgan fingerprint density at radius 3 is 2.43 bits per heavy atom. The van der Waals surface area contributed by atoms with Crippen LogP contribution in [0.2, 0.25) is 0 Å². The van der Waals surface area contributed by atoms with Crippen molar-refractivity contribution in [1.29, 1.82) is 0 Å². The zero-order valence-electron chi connectivity index (χ0n) is 11.3. The molecule has 0 aliphatic carbocycles. The van der Waals surface area contributed by atoms with Crippen molar-refractivity contribution in [3.05, 3.63) is 35.4 Å². The highest BCUT2D eigenvalue weighted by Gasteiger charge is 2.37. The molecule has 1 aromatic carbocycles. The first-order valence-corrected chi connectivity index (χ1v) is 7.69. The minimum atomic E-state index is -4.40. The van der Waals surface area contributed by atoms with E-state index in [1.807, 2.05) is 0 Å². The van der Waals surface area contributed by atoms with Crippen LogP contribution in [0.25, 0.3) is 0 Å². The van der Waals surface area contributed by atoms with Crippen LogP contribution < -0.4 is 5.73 Å². The number of nitrogen functional groups attached to an aromatic ring is 1. The molecule has 2 N–H and O–H groups in total. The van der Waals surface area contributed by atoms with Gasteiger partial charge in [-0.05, 0) is 31.0 Å². The molecule has 0 saturated carbocycles. The van der Waals surface area contributed by atoms with Crippen molar-refractivity contribution in [1.82, 2.24) is 4.31 Å². The van der Waals surface area contributed by atoms with Gasteiger partial charge in [-0.1, -0.05) is 12.1 Å². The normalized spacial score (nSPS) is 17.6. The SMILES string of the molecule is Cc1ccc(S(=O)(=O)N2CC=C(C(F)(F)F)CC2)c(N)c1. The Kier molecular flexibility index (Phi) is 4.03. The Balaban J connectivity index is 2.29. The second kappa shape index (κ2) is 5.34. The summed E-state index contributed by atoms with van der Waals surface area (Å²) in [6.07, 6.45) is -3.85. The molecule has 4 nitrogen and oxygen atoms in total. The zero-order valence-corrected chi connectivity index (χ0v) is 12.1. The van der Waals surface area contributed by atoms with Crippen LogP contribution in [0.5, 0.6) is 0 Å². The van der Waals surface area contributed by atoms with E-state index in [9.17, 15) is 21.6 Å². The lowest BCUT2D eigenvalue weighted by Gasteiger charge is -2.27. The van der Waals surface area contributed by atoms with E-state index in [1.54, 1.807) is 13.0 Å². The van der Waals surface area contributed by atoms with E-state index in [2.05, 4.69) is 0 Å². The average molecular weight is 320 g/mol. The van der Waals surface area contributed by atoms with Crippen molar-refractivity contribution in [2.45, 2.75) is 24.4 Å². The predicted octanol–water partition coefficient (Wildman–Crippen LogP) is 2.46. The number of hydrogen-bond donors (Lipinski definition) is 1. The van der Waals surface area contributed by atoms with Gasteiger partial charge < -0.3 is 5.73 Å². The minimum Gasteiger partial charge on any atom is -0.398 e. The summed E-state index contributed by atoms with van der Waals surface area (Å²) in [6, 6.07) is 4.50. The first kappa shape index (κ1) is 15.8. The van der Waals surface area contributed by atoms with E-state index in [4.69, 9.17) is 5.73 Å². The first-order chi connectivity index (χ1) is 9.62. The number of rotatable bonds is 2. The molecule has 8 heteroatoms. The minimum absolute atomic E-state index is 0.0723. The van der Waals surface area contributed by atoms with Gasteiger partial charge in [-0.15, -0.1) is 0 Å². The van der Waals surface area contributed by atoms with E-state index in [0.29, 0.717) is 0 Å². The first-order valence-electron chi connectivity index (χ1n) is 6.25. The molecule has 116 valence electrons. The molecule has 21 heavy (non-hydrogen) atoms. The lowest BCUT2D eigenvalue weighted by atomic mass is 10.1. The molecule has 1 aliphatic rings. The maximum atomic E-state index is 12.5. The molecule has 0 saturated heterocycles. The standard InChI is InChI=1S/C13H15F3N2O2S/c1-9-2-3-12(11(17)8-9)21(19,20)18-6-4-10(5-7-18)13(14,15)16/h2-4,8H,5-7,17H2,1H3. The Morgan fingerprint density at radius 1 is 1.29 bits per heavy atom. The summed E-state index contributed by atoms with van der Waals surface area (Å²) >= 11 is 0. The van der Waals surface area contributed by atoms with E-state index >= 15 is 0 Å². The highest BCUT2D eigenvalue weighted by Crippen LogP contribution is 2.32. The summed E-state index contributed by atoms with van der Waals surface area (Å²) in [5.74, 6) is 0. The van der Waals surface area contributed by atoms with Crippen molar-refractivity contribution in [3.8, 4) is 0 Å². The van der Waals surface area contributed by atoms with Gasteiger partial charge in [-0.25, -0.2) is 8.42 Å². The van der Waals surface area contributed by atoms with Crippen LogP contribution in [-0.4, -0.2) is 32.0 Å². The third-order valence-corrected chi connectivity index (χ3v) is 5.26. The van der Waals surface area contributed by atoms with Gasteiger partial charge in [0.2, 0.25) is 10.0 Å². The summed E-state index contributed by atoms with van der Waals surface area (Å²) < 4.78 is 63.4. The summed E-state index contributed by atoms with van der Waals surface area (Å²) in [6.45, 7) is 1.26. The zero-order chi connectivity index (χ0) is 15.8. The molecule has 0 unspecified atom stereocenters. The monoisotopic (exact) mass is 320 g/mol. The Bertz CT molecular complexity index is 681. The van der Waals surface area contributed by atoms with Crippen LogP contribution in [0.4, 0.5) is 18.9 Å². The summed E-state index contributed by atoms with van der Waals surface area (Å²) in [4.78, 5) is -0.0723. The molecule has 0 radical (unpaired) electrons. The van der Waals surface area contributed by atoms with E-state index < -0.39 is 21.8 Å². The highest BCUT2D eigenvalue weighted by molar-refractivity contribution is 7.89. The molecule has 1 aromatic rings. The van der Waals surface area contributed by atoms with Crippen LogP contribution in [-0.2, 0) is 10.0 Å². The quantitative estimate of drug-likeness (QED) is 0.672. The number of halogens is 3. The fraction of sp³-hybridized carbons (Fsp3) is 0.385. The van der Waals surface area contributed by atoms with E-state index in [0.717, 1.165) is 15.9 Å². The predicted molar refractivity (Wildman–Crippen MR) is 73.1 cm³/mol. The summed E-state index contributed by atoms with van der Waals surface area (Å²) in [7, 11) is -3.88. The molecule has 1 heterocycles. The number of alkyl halides is 3. The van der Waals surface area contributed by atoms with Gasteiger partial charge >= 0.3 is 6.18 Å². The fourth-order valence-electron chi connectivity index (χ4n) is 2.17. The summed E-state index contributed by atoms with van der Waals surface area (Å²) in [5.41, 5.74) is 5.93. The molecule has 0 fully saturated rings. The Morgan fingerprint density at radius 2 is 1.95 bits per heavy atom. The van der Waals surface area contributed by atoms with Crippen LogP contribution in [0.15, 0.2) is 34.7 Å². The second-order valence-corrected chi connectivity index (χ2v) is 6.79. The number of aryl methyl sites for hydroxylation is 1. The van der Waals surface area contributed by atoms with Crippen molar-refractivity contribution in [2.24, 2.45) is 0 Å². The van der Waals surface area contributed by atoms with E-state index in [-0.39, 0.29) is 30.1 Å². The number of hydrogen-bond acceptors (Lipinski definition) is 3. The molecule has 0 bridgehead atoms. The molecular formula is C13H15F3N2O2S. The van der Waals surface area contributed by atoms with Crippen molar-refractivity contribution >= 4 is 15.7 Å². The fourth-order valence-corrected chi connectivity index (χ4v) is 3.65. The Labute approximate surface area is 121 Å². The van der Waals surface area contributed by atoms with Crippen LogP contribution in [0.1, 0.15) is 12.0 Å². The third kappa shape index (κ3) is 3.21. The number of nitrogens with zero attached hydrogens (tertiary/aromatic N) is 1. The number of benzene rings is 1. The average Bonchev–Trinajstić information content (AvgIpc) is 2.37. The lowest BCUT2D eigenvalue weighted by Crippen LogP contribution is -2.37. The molecule has 0 aromatic heterocycles. The van der Waals surface area contributed by atoms with Gasteiger partial charge in [-0.2, -0.15) is 17.5 Å². The number of anilines is 1. The van der Waals surface area contributed by atoms with Gasteiger partial charge in [0, 0.05) is 18.7 Å². The highest BCUT2D eigenvalue weighted by atomic mass is 32.2. The topological polar surface area (TPSA) is 63.4 Å². The lowest BCUT2D eigenvalue weighted by molar-refractivity contribution is -0.0953. The van der Waals surface area contributed by atoms with E-state index in [1.165, 1.54) is 12.1 Å². The van der Waals surface area contributed by atoms with Crippen LogP contribution in [0.3, 0.4) is 0 Å². The van der Waals surface area contributed by atoms with Crippen LogP contribution in [0, 0.1) is 6.92 Å². The Hall–Kier alpha value is -1.54. The number of nitrogens with two attached hydrogens (primary N) is 1.